The lowest BCUT2D eigenvalue weighted by Crippen LogP contribution is -2.27. The zero-order valence-corrected chi connectivity index (χ0v) is 11.6. The Hall–Kier alpha value is -0.820. The highest BCUT2D eigenvalue weighted by atomic mass is 14.9. The van der Waals surface area contributed by atoms with Crippen molar-refractivity contribution in [3.8, 4) is 0 Å². The van der Waals surface area contributed by atoms with Crippen molar-refractivity contribution in [3.63, 3.8) is 0 Å². The van der Waals surface area contributed by atoms with E-state index in [9.17, 15) is 0 Å². The molecule has 1 nitrogen and oxygen atoms in total. The molecular weight excluding hydrogens is 206 g/mol. The van der Waals surface area contributed by atoms with E-state index in [0.29, 0.717) is 6.04 Å². The highest BCUT2D eigenvalue weighted by Crippen LogP contribution is 2.40. The van der Waals surface area contributed by atoms with Crippen LogP contribution < -0.4 is 5.32 Å². The monoisotopic (exact) mass is 231 g/mol. The molecule has 0 heterocycles. The highest BCUT2D eigenvalue weighted by Gasteiger charge is 2.31. The minimum atomic E-state index is 0.535. The van der Waals surface area contributed by atoms with Crippen molar-refractivity contribution in [3.05, 3.63) is 34.9 Å². The van der Waals surface area contributed by atoms with Gasteiger partial charge in [-0.3, -0.25) is 0 Å². The fourth-order valence-corrected chi connectivity index (χ4v) is 3.38. The van der Waals surface area contributed by atoms with E-state index in [1.54, 1.807) is 0 Å². The smallest absolute Gasteiger partial charge is 0.0351 e. The van der Waals surface area contributed by atoms with E-state index < -0.39 is 0 Å². The van der Waals surface area contributed by atoms with Crippen molar-refractivity contribution in [2.24, 2.45) is 11.8 Å². The first-order valence-corrected chi connectivity index (χ1v) is 6.88. The van der Waals surface area contributed by atoms with E-state index >= 15 is 0 Å². The molecule has 1 saturated carbocycles. The molecule has 1 heteroatoms. The molecule has 1 aromatic carbocycles. The third-order valence-electron chi connectivity index (χ3n) is 4.65. The molecule has 1 aliphatic carbocycles. The summed E-state index contributed by atoms with van der Waals surface area (Å²) in [5.74, 6) is 1.66. The van der Waals surface area contributed by atoms with E-state index in [1.807, 2.05) is 0 Å². The summed E-state index contributed by atoms with van der Waals surface area (Å²) < 4.78 is 0. The fourth-order valence-electron chi connectivity index (χ4n) is 3.38. The van der Waals surface area contributed by atoms with Crippen LogP contribution in [-0.2, 0) is 0 Å². The fraction of sp³-hybridized carbons (Fsp3) is 0.625. The lowest BCUT2D eigenvalue weighted by Gasteiger charge is -2.29. The number of hydrogen-bond acceptors (Lipinski definition) is 1. The second kappa shape index (κ2) is 5.22. The standard InChI is InChI=1S/C16H25N/c1-11-7-5-10-15(13(11)3)16(17-4)14-9-6-8-12(14)2/h5,7,10,12,14,16-17H,6,8-9H2,1-4H3. The Kier molecular flexibility index (Phi) is 3.88. The van der Waals surface area contributed by atoms with Gasteiger partial charge in [0.25, 0.3) is 0 Å². The van der Waals surface area contributed by atoms with Gasteiger partial charge in [-0.05, 0) is 55.8 Å². The maximum Gasteiger partial charge on any atom is 0.0351 e. The Labute approximate surface area is 106 Å². The van der Waals surface area contributed by atoms with Crippen LogP contribution in [0.25, 0.3) is 0 Å². The molecule has 2 rings (SSSR count). The number of rotatable bonds is 3. The Balaban J connectivity index is 2.31. The molecule has 1 aromatic rings. The largest absolute Gasteiger partial charge is 0.313 e. The molecule has 1 aliphatic rings. The first-order valence-electron chi connectivity index (χ1n) is 6.88. The number of aryl methyl sites for hydroxylation is 1. The molecule has 17 heavy (non-hydrogen) atoms. The maximum atomic E-state index is 3.56. The van der Waals surface area contributed by atoms with Crippen LogP contribution in [0, 0.1) is 25.7 Å². The Bertz CT molecular complexity index is 383. The van der Waals surface area contributed by atoms with E-state index in [0.717, 1.165) is 11.8 Å². The predicted molar refractivity (Wildman–Crippen MR) is 74.2 cm³/mol. The molecule has 0 aromatic heterocycles. The normalized spacial score (nSPS) is 26.1. The summed E-state index contributed by atoms with van der Waals surface area (Å²) in [6.07, 6.45) is 4.17. The summed E-state index contributed by atoms with van der Waals surface area (Å²) in [6.45, 7) is 6.88. The van der Waals surface area contributed by atoms with Gasteiger partial charge in [0, 0.05) is 6.04 Å². The van der Waals surface area contributed by atoms with Crippen LogP contribution in [0.1, 0.15) is 48.9 Å². The lowest BCUT2D eigenvalue weighted by molar-refractivity contribution is 0.314. The van der Waals surface area contributed by atoms with E-state index in [1.165, 1.54) is 36.0 Å². The van der Waals surface area contributed by atoms with Crippen molar-refractivity contribution >= 4 is 0 Å². The molecule has 1 N–H and O–H groups in total. The zero-order valence-electron chi connectivity index (χ0n) is 11.6. The van der Waals surface area contributed by atoms with Gasteiger partial charge in [0.05, 0.1) is 0 Å². The third-order valence-corrected chi connectivity index (χ3v) is 4.65. The summed E-state index contributed by atoms with van der Waals surface area (Å²) in [6, 6.07) is 7.24. The van der Waals surface area contributed by atoms with Crippen molar-refractivity contribution in [2.75, 3.05) is 7.05 Å². The van der Waals surface area contributed by atoms with Gasteiger partial charge in [-0.15, -0.1) is 0 Å². The second-order valence-electron chi connectivity index (χ2n) is 5.63. The van der Waals surface area contributed by atoms with Crippen LogP contribution in [0.3, 0.4) is 0 Å². The molecule has 94 valence electrons. The third kappa shape index (κ3) is 2.40. The first kappa shape index (κ1) is 12.6. The molecule has 3 atom stereocenters. The van der Waals surface area contributed by atoms with Crippen molar-refractivity contribution in [1.82, 2.24) is 5.32 Å². The van der Waals surface area contributed by atoms with Gasteiger partial charge in [-0.25, -0.2) is 0 Å². The van der Waals surface area contributed by atoms with E-state index in [2.05, 4.69) is 51.3 Å². The summed E-state index contributed by atoms with van der Waals surface area (Å²) in [4.78, 5) is 0. The quantitative estimate of drug-likeness (QED) is 0.829. The molecule has 0 spiro atoms. The topological polar surface area (TPSA) is 12.0 Å². The summed E-state index contributed by atoms with van der Waals surface area (Å²) >= 11 is 0. The first-order chi connectivity index (χ1) is 8.15. The van der Waals surface area contributed by atoms with Crippen LogP contribution in [0.4, 0.5) is 0 Å². The van der Waals surface area contributed by atoms with Crippen molar-refractivity contribution in [2.45, 2.75) is 46.1 Å². The molecular formula is C16H25N. The second-order valence-corrected chi connectivity index (χ2v) is 5.63. The minimum absolute atomic E-state index is 0.535. The Morgan fingerprint density at radius 1 is 1.24 bits per heavy atom. The summed E-state index contributed by atoms with van der Waals surface area (Å²) in [7, 11) is 2.11. The van der Waals surface area contributed by atoms with Crippen LogP contribution in [0.5, 0.6) is 0 Å². The number of nitrogens with one attached hydrogen (secondary N) is 1. The summed E-state index contributed by atoms with van der Waals surface area (Å²) in [5.41, 5.74) is 4.38. The predicted octanol–water partition coefficient (Wildman–Crippen LogP) is 4.00. The van der Waals surface area contributed by atoms with Gasteiger partial charge in [0.2, 0.25) is 0 Å². The van der Waals surface area contributed by atoms with Gasteiger partial charge in [-0.1, -0.05) is 38.0 Å². The SMILES string of the molecule is CNC(c1cccc(C)c1C)C1CCCC1C. The lowest BCUT2D eigenvalue weighted by atomic mass is 9.83. The highest BCUT2D eigenvalue weighted by molar-refractivity contribution is 5.35. The molecule has 3 unspecified atom stereocenters. The van der Waals surface area contributed by atoms with Gasteiger partial charge < -0.3 is 5.32 Å². The van der Waals surface area contributed by atoms with Crippen LogP contribution in [0.2, 0.25) is 0 Å². The Morgan fingerprint density at radius 2 is 2.00 bits per heavy atom. The van der Waals surface area contributed by atoms with Gasteiger partial charge in [-0.2, -0.15) is 0 Å². The van der Waals surface area contributed by atoms with Crippen molar-refractivity contribution in [1.29, 1.82) is 0 Å². The van der Waals surface area contributed by atoms with E-state index in [-0.39, 0.29) is 0 Å². The molecule has 0 amide bonds. The summed E-state index contributed by atoms with van der Waals surface area (Å²) in [5, 5.41) is 3.56. The molecule has 1 fully saturated rings. The van der Waals surface area contributed by atoms with Gasteiger partial charge >= 0.3 is 0 Å². The zero-order chi connectivity index (χ0) is 12.4. The Morgan fingerprint density at radius 3 is 2.59 bits per heavy atom. The minimum Gasteiger partial charge on any atom is -0.313 e. The van der Waals surface area contributed by atoms with Crippen LogP contribution in [0.15, 0.2) is 18.2 Å². The number of benzene rings is 1. The molecule has 0 saturated heterocycles. The van der Waals surface area contributed by atoms with E-state index in [4.69, 9.17) is 0 Å². The average Bonchev–Trinajstić information content (AvgIpc) is 2.72. The molecule has 0 bridgehead atoms. The van der Waals surface area contributed by atoms with Gasteiger partial charge in [0.1, 0.15) is 0 Å². The van der Waals surface area contributed by atoms with Crippen molar-refractivity contribution < 1.29 is 0 Å². The van der Waals surface area contributed by atoms with Crippen LogP contribution >= 0.6 is 0 Å². The molecule has 0 radical (unpaired) electrons. The van der Waals surface area contributed by atoms with Crippen LogP contribution in [-0.4, -0.2) is 7.05 Å². The average molecular weight is 231 g/mol. The maximum absolute atomic E-state index is 3.56. The molecule has 0 aliphatic heterocycles. The number of hydrogen-bond donors (Lipinski definition) is 1. The van der Waals surface area contributed by atoms with Gasteiger partial charge in [0.15, 0.2) is 0 Å².